The van der Waals surface area contributed by atoms with Gasteiger partial charge in [-0.1, -0.05) is 54.2 Å². The number of fused-ring (bicyclic) bond motifs is 1. The number of aromatic nitrogens is 3. The van der Waals surface area contributed by atoms with Gasteiger partial charge in [-0.05, 0) is 37.6 Å². The summed E-state index contributed by atoms with van der Waals surface area (Å²) >= 11 is 1.32. The van der Waals surface area contributed by atoms with E-state index in [-0.39, 0.29) is 12.4 Å². The van der Waals surface area contributed by atoms with Crippen molar-refractivity contribution in [3.63, 3.8) is 0 Å². The number of nitrogens with zero attached hydrogens (tertiary/aromatic N) is 3. The molecule has 0 bridgehead atoms. The number of imidazole rings is 1. The highest BCUT2D eigenvalue weighted by atomic mass is 32.2. The van der Waals surface area contributed by atoms with Gasteiger partial charge in [0.15, 0.2) is 18.0 Å². The van der Waals surface area contributed by atoms with Crippen LogP contribution in [0, 0.1) is 6.92 Å². The van der Waals surface area contributed by atoms with Gasteiger partial charge in [-0.15, -0.1) is 0 Å². The standard InChI is InChI=1S/C26H24F3N3O4S/c1-17-21(30-13-12-23(17)35-16-26(27,28)29)15-37-24-31-20-10-6-7-11-22(20)32(24)18(2)36-25(33)34-14-19-8-4-3-5-9-19/h3-13,18H,14-16H2,1-2H3. The highest BCUT2D eigenvalue weighted by Crippen LogP contribution is 2.32. The third kappa shape index (κ3) is 6.94. The predicted molar refractivity (Wildman–Crippen MR) is 132 cm³/mol. The van der Waals surface area contributed by atoms with Crippen molar-refractivity contribution in [1.29, 1.82) is 0 Å². The molecule has 0 saturated carbocycles. The van der Waals surface area contributed by atoms with Gasteiger partial charge in [-0.3, -0.25) is 9.55 Å². The SMILES string of the molecule is Cc1c(OCC(F)(F)F)ccnc1CSc1nc2ccccc2n1C(C)OC(=O)OCc1ccccc1. The molecule has 2 aromatic heterocycles. The Morgan fingerprint density at radius 3 is 2.57 bits per heavy atom. The Hall–Kier alpha value is -3.73. The van der Waals surface area contributed by atoms with Crippen molar-refractivity contribution in [2.24, 2.45) is 0 Å². The Labute approximate surface area is 215 Å². The summed E-state index contributed by atoms with van der Waals surface area (Å²) in [6, 6.07) is 18.1. The molecule has 0 amide bonds. The van der Waals surface area contributed by atoms with Crippen LogP contribution in [0.25, 0.3) is 11.0 Å². The molecule has 11 heteroatoms. The quantitative estimate of drug-likeness (QED) is 0.173. The number of pyridine rings is 1. The zero-order valence-electron chi connectivity index (χ0n) is 20.1. The first-order chi connectivity index (χ1) is 17.7. The molecule has 2 aromatic carbocycles. The Balaban J connectivity index is 1.49. The van der Waals surface area contributed by atoms with E-state index in [1.54, 1.807) is 18.4 Å². The maximum absolute atomic E-state index is 12.6. The van der Waals surface area contributed by atoms with Crippen molar-refractivity contribution in [3.05, 3.63) is 83.7 Å². The van der Waals surface area contributed by atoms with Crippen molar-refractivity contribution < 1.29 is 32.2 Å². The number of hydrogen-bond acceptors (Lipinski definition) is 7. The summed E-state index contributed by atoms with van der Waals surface area (Å²) in [5.74, 6) is 0.429. The van der Waals surface area contributed by atoms with E-state index >= 15 is 0 Å². The second-order valence-corrected chi connectivity index (χ2v) is 9.01. The van der Waals surface area contributed by atoms with Gasteiger partial charge in [0, 0.05) is 17.5 Å². The van der Waals surface area contributed by atoms with E-state index in [1.165, 1.54) is 24.0 Å². The number of carbonyl (C=O) groups excluding carboxylic acids is 1. The minimum atomic E-state index is -4.44. The van der Waals surface area contributed by atoms with Crippen LogP contribution in [0.3, 0.4) is 0 Å². The molecular formula is C26H24F3N3O4S. The normalized spacial score (nSPS) is 12.4. The Bertz CT molecular complexity index is 1360. The van der Waals surface area contributed by atoms with Crippen molar-refractivity contribution in [2.45, 2.75) is 43.8 Å². The first kappa shape index (κ1) is 26.3. The molecule has 0 saturated heterocycles. The van der Waals surface area contributed by atoms with E-state index in [0.29, 0.717) is 27.7 Å². The number of carbonyl (C=O) groups is 1. The summed E-state index contributed by atoms with van der Waals surface area (Å²) in [5, 5.41) is 0.548. The molecule has 2 heterocycles. The first-order valence-electron chi connectivity index (χ1n) is 11.3. The average molecular weight is 532 g/mol. The topological polar surface area (TPSA) is 75.5 Å². The molecule has 1 unspecified atom stereocenters. The Morgan fingerprint density at radius 1 is 1.08 bits per heavy atom. The molecule has 0 aliphatic heterocycles. The molecule has 4 rings (SSSR count). The van der Waals surface area contributed by atoms with Crippen LogP contribution < -0.4 is 4.74 Å². The highest BCUT2D eigenvalue weighted by molar-refractivity contribution is 7.98. The minimum Gasteiger partial charge on any atom is -0.484 e. The maximum atomic E-state index is 12.6. The molecule has 0 spiro atoms. The molecule has 194 valence electrons. The van der Waals surface area contributed by atoms with Crippen LogP contribution in [0.2, 0.25) is 0 Å². The van der Waals surface area contributed by atoms with Crippen LogP contribution in [-0.4, -0.2) is 33.5 Å². The van der Waals surface area contributed by atoms with Crippen LogP contribution in [0.1, 0.15) is 30.0 Å². The summed E-state index contributed by atoms with van der Waals surface area (Å²) in [6.45, 7) is 2.06. The summed E-state index contributed by atoms with van der Waals surface area (Å²) in [5.41, 5.74) is 3.35. The van der Waals surface area contributed by atoms with Crippen LogP contribution in [-0.2, 0) is 21.8 Å². The molecule has 4 aromatic rings. The van der Waals surface area contributed by atoms with Gasteiger partial charge >= 0.3 is 12.3 Å². The first-order valence-corrected chi connectivity index (χ1v) is 12.3. The second kappa shape index (κ2) is 11.5. The van der Waals surface area contributed by atoms with Crippen LogP contribution in [0.4, 0.5) is 18.0 Å². The number of thioether (sulfide) groups is 1. The van der Waals surface area contributed by atoms with E-state index in [0.717, 1.165) is 11.1 Å². The molecule has 37 heavy (non-hydrogen) atoms. The van der Waals surface area contributed by atoms with Gasteiger partial charge in [-0.25, -0.2) is 9.78 Å². The lowest BCUT2D eigenvalue weighted by Gasteiger charge is -2.18. The van der Waals surface area contributed by atoms with Crippen LogP contribution in [0.15, 0.2) is 72.0 Å². The Kier molecular flexibility index (Phi) is 8.22. The average Bonchev–Trinajstić information content (AvgIpc) is 3.25. The number of benzene rings is 2. The van der Waals surface area contributed by atoms with E-state index in [1.807, 2.05) is 54.6 Å². The molecule has 1 atom stereocenters. The molecule has 0 radical (unpaired) electrons. The van der Waals surface area contributed by atoms with E-state index in [2.05, 4.69) is 9.97 Å². The Morgan fingerprint density at radius 2 is 1.81 bits per heavy atom. The lowest BCUT2D eigenvalue weighted by Crippen LogP contribution is -2.19. The molecule has 0 N–H and O–H groups in total. The van der Waals surface area contributed by atoms with Crippen molar-refractivity contribution >= 4 is 29.0 Å². The fourth-order valence-corrected chi connectivity index (χ4v) is 4.68. The van der Waals surface area contributed by atoms with E-state index in [4.69, 9.17) is 14.2 Å². The number of rotatable bonds is 9. The van der Waals surface area contributed by atoms with Gasteiger partial charge in [0.1, 0.15) is 12.4 Å². The monoisotopic (exact) mass is 531 g/mol. The summed E-state index contributed by atoms with van der Waals surface area (Å²) in [4.78, 5) is 21.3. The third-order valence-corrected chi connectivity index (χ3v) is 6.35. The van der Waals surface area contributed by atoms with Crippen molar-refractivity contribution in [3.8, 4) is 5.75 Å². The van der Waals surface area contributed by atoms with Gasteiger partial charge in [0.2, 0.25) is 0 Å². The maximum Gasteiger partial charge on any atom is 0.510 e. The smallest absolute Gasteiger partial charge is 0.484 e. The van der Waals surface area contributed by atoms with Crippen LogP contribution in [0.5, 0.6) is 5.75 Å². The minimum absolute atomic E-state index is 0.0797. The van der Waals surface area contributed by atoms with Crippen molar-refractivity contribution in [1.82, 2.24) is 14.5 Å². The zero-order chi connectivity index (χ0) is 26.4. The lowest BCUT2D eigenvalue weighted by molar-refractivity contribution is -0.153. The van der Waals surface area contributed by atoms with Gasteiger partial charge in [0.05, 0.1) is 16.7 Å². The van der Waals surface area contributed by atoms with Gasteiger partial charge in [-0.2, -0.15) is 13.2 Å². The molecule has 0 aliphatic carbocycles. The number of ether oxygens (including phenoxy) is 3. The van der Waals surface area contributed by atoms with Crippen LogP contribution >= 0.6 is 11.8 Å². The van der Waals surface area contributed by atoms with E-state index in [9.17, 15) is 18.0 Å². The third-order valence-electron chi connectivity index (χ3n) is 5.38. The number of halogens is 3. The summed E-state index contributed by atoms with van der Waals surface area (Å²) in [7, 11) is 0. The number of hydrogen-bond donors (Lipinski definition) is 0. The van der Waals surface area contributed by atoms with Gasteiger partial charge < -0.3 is 14.2 Å². The number of para-hydroxylation sites is 2. The van der Waals surface area contributed by atoms with Crippen molar-refractivity contribution in [2.75, 3.05) is 6.61 Å². The molecule has 7 nitrogen and oxygen atoms in total. The summed E-state index contributed by atoms with van der Waals surface area (Å²) < 4.78 is 55.2. The van der Waals surface area contributed by atoms with Gasteiger partial charge in [0.25, 0.3) is 0 Å². The molecular weight excluding hydrogens is 507 g/mol. The molecule has 0 aliphatic rings. The zero-order valence-corrected chi connectivity index (χ0v) is 20.9. The fraction of sp³-hybridized carbons (Fsp3) is 0.269. The largest absolute Gasteiger partial charge is 0.510 e. The number of alkyl halides is 3. The predicted octanol–water partition coefficient (Wildman–Crippen LogP) is 6.85. The highest BCUT2D eigenvalue weighted by Gasteiger charge is 2.29. The lowest BCUT2D eigenvalue weighted by atomic mass is 10.2. The summed E-state index contributed by atoms with van der Waals surface area (Å²) in [6.07, 6.45) is -4.59. The fourth-order valence-electron chi connectivity index (χ4n) is 3.57. The second-order valence-electron chi connectivity index (χ2n) is 8.07. The molecule has 0 fully saturated rings. The van der Waals surface area contributed by atoms with E-state index < -0.39 is 25.2 Å².